The predicted octanol–water partition coefficient (Wildman–Crippen LogP) is 4.17. The molecule has 0 radical (unpaired) electrons. The molecule has 0 aromatic carbocycles. The van der Waals surface area contributed by atoms with E-state index in [-0.39, 0.29) is 5.82 Å². The highest BCUT2D eigenvalue weighted by molar-refractivity contribution is 7.22. The van der Waals surface area contributed by atoms with Crippen molar-refractivity contribution in [1.82, 2.24) is 24.7 Å². The Balaban J connectivity index is 1.33. The summed E-state index contributed by atoms with van der Waals surface area (Å²) in [5.41, 5.74) is 3.50. The van der Waals surface area contributed by atoms with Gasteiger partial charge in [0.25, 0.3) is 0 Å². The Labute approximate surface area is 177 Å². The van der Waals surface area contributed by atoms with Crippen LogP contribution in [0.2, 0.25) is 0 Å². The summed E-state index contributed by atoms with van der Waals surface area (Å²) >= 11 is 1.68. The molecule has 1 unspecified atom stereocenters. The van der Waals surface area contributed by atoms with Gasteiger partial charge in [-0.2, -0.15) is 0 Å². The van der Waals surface area contributed by atoms with Crippen LogP contribution in [0.25, 0.3) is 27.1 Å². The van der Waals surface area contributed by atoms with Gasteiger partial charge in [-0.25, -0.2) is 14.4 Å². The van der Waals surface area contributed by atoms with Crippen LogP contribution in [-0.2, 0) is 0 Å². The second-order valence-corrected chi connectivity index (χ2v) is 9.61. The normalized spacial score (nSPS) is 23.5. The molecule has 6 nitrogen and oxygen atoms in total. The van der Waals surface area contributed by atoms with E-state index in [9.17, 15) is 4.39 Å². The van der Waals surface area contributed by atoms with E-state index in [1.165, 1.54) is 31.7 Å². The number of hydrogen-bond donors (Lipinski definition) is 1. The quantitative estimate of drug-likeness (QED) is 0.537. The molecule has 1 N–H and O–H groups in total. The molecule has 6 heterocycles. The van der Waals surface area contributed by atoms with Crippen molar-refractivity contribution >= 4 is 32.3 Å². The Kier molecular flexibility index (Phi) is 4.08. The Morgan fingerprint density at radius 1 is 1.17 bits per heavy atom. The lowest BCUT2D eigenvalue weighted by molar-refractivity contribution is 0.354. The molecule has 3 atom stereocenters. The third kappa shape index (κ3) is 2.97. The first-order valence-electron chi connectivity index (χ1n) is 10.4. The molecule has 2 saturated heterocycles. The second-order valence-electron chi connectivity index (χ2n) is 8.60. The molecule has 2 fully saturated rings. The molecule has 0 amide bonds. The van der Waals surface area contributed by atoms with Crippen LogP contribution in [-0.4, -0.2) is 44.5 Å². The number of halogens is 1. The molecule has 6 rings (SSSR count). The number of pyridine rings is 2. The summed E-state index contributed by atoms with van der Waals surface area (Å²) in [6.07, 6.45) is 10.4. The minimum absolute atomic E-state index is 0.340. The van der Waals surface area contributed by atoms with E-state index in [2.05, 4.69) is 27.2 Å². The third-order valence-corrected chi connectivity index (χ3v) is 7.59. The lowest BCUT2D eigenvalue weighted by Gasteiger charge is -2.35. The zero-order chi connectivity index (χ0) is 20.4. The van der Waals surface area contributed by atoms with Crippen molar-refractivity contribution in [3.63, 3.8) is 0 Å². The largest absolute Gasteiger partial charge is 0.348 e. The third-order valence-electron chi connectivity index (χ3n) is 6.48. The van der Waals surface area contributed by atoms with Crippen LogP contribution >= 0.6 is 11.3 Å². The lowest BCUT2D eigenvalue weighted by atomic mass is 9.99. The highest BCUT2D eigenvalue weighted by atomic mass is 32.1. The number of rotatable bonds is 3. The number of thiazole rings is 1. The number of aryl methyl sites for hydroxylation is 1. The van der Waals surface area contributed by atoms with Crippen molar-refractivity contribution in [2.45, 2.75) is 50.7 Å². The summed E-state index contributed by atoms with van der Waals surface area (Å²) in [5.74, 6) is -0.340. The monoisotopic (exact) mass is 422 g/mol. The number of nitrogens with zero attached hydrogens (tertiary/aromatic N) is 5. The van der Waals surface area contributed by atoms with E-state index in [1.54, 1.807) is 21.9 Å². The molecule has 0 aliphatic carbocycles. The molecule has 154 valence electrons. The molecule has 2 bridgehead atoms. The van der Waals surface area contributed by atoms with Crippen molar-refractivity contribution in [3.05, 3.63) is 42.2 Å². The molecular weight excluding hydrogens is 399 g/mol. The summed E-state index contributed by atoms with van der Waals surface area (Å²) in [7, 11) is 2.16. The van der Waals surface area contributed by atoms with Gasteiger partial charge in [-0.1, -0.05) is 11.3 Å². The number of hydrogen-bond acceptors (Lipinski definition) is 6. The van der Waals surface area contributed by atoms with Gasteiger partial charge in [-0.05, 0) is 44.7 Å². The number of piperidine rings is 1. The van der Waals surface area contributed by atoms with Gasteiger partial charge >= 0.3 is 0 Å². The highest BCUT2D eigenvalue weighted by Crippen LogP contribution is 2.36. The molecule has 0 spiro atoms. The number of anilines is 1. The van der Waals surface area contributed by atoms with Crippen molar-refractivity contribution in [2.24, 2.45) is 0 Å². The average Bonchev–Trinajstić information content (AvgIpc) is 3.42. The van der Waals surface area contributed by atoms with Gasteiger partial charge in [-0.3, -0.25) is 4.98 Å². The van der Waals surface area contributed by atoms with Crippen molar-refractivity contribution in [1.29, 1.82) is 0 Å². The van der Waals surface area contributed by atoms with E-state index in [1.807, 2.05) is 25.4 Å². The second kappa shape index (κ2) is 6.72. The van der Waals surface area contributed by atoms with E-state index in [0.29, 0.717) is 23.8 Å². The number of aromatic nitrogens is 4. The summed E-state index contributed by atoms with van der Waals surface area (Å²) in [4.78, 5) is 16.0. The molecule has 2 aliphatic rings. The molecule has 4 aromatic rings. The fourth-order valence-corrected chi connectivity index (χ4v) is 5.95. The van der Waals surface area contributed by atoms with Gasteiger partial charge in [0.1, 0.15) is 5.52 Å². The van der Waals surface area contributed by atoms with Crippen LogP contribution in [0.4, 0.5) is 9.52 Å². The first-order chi connectivity index (χ1) is 14.5. The fraction of sp³-hybridized carbons (Fsp3) is 0.409. The minimum atomic E-state index is -0.340. The maximum atomic E-state index is 14.5. The Morgan fingerprint density at radius 2 is 1.97 bits per heavy atom. The molecule has 30 heavy (non-hydrogen) atoms. The van der Waals surface area contributed by atoms with E-state index in [4.69, 9.17) is 4.98 Å². The SMILES string of the molecule is Cc1cn2cc(-c3cc4sc(N(C)C5C[C@H]6CC[C@@H](C5)N6)nc4cn3)cc(F)c2n1. The van der Waals surface area contributed by atoms with Gasteiger partial charge in [0.15, 0.2) is 16.6 Å². The van der Waals surface area contributed by atoms with Crippen LogP contribution in [0, 0.1) is 12.7 Å². The summed E-state index contributed by atoms with van der Waals surface area (Å²) in [6.45, 7) is 1.86. The molecule has 8 heteroatoms. The summed E-state index contributed by atoms with van der Waals surface area (Å²) < 4.78 is 17.3. The smallest absolute Gasteiger partial charge is 0.186 e. The van der Waals surface area contributed by atoms with Gasteiger partial charge in [0.05, 0.1) is 22.3 Å². The number of fused-ring (bicyclic) bond motifs is 4. The van der Waals surface area contributed by atoms with Gasteiger partial charge in [-0.15, -0.1) is 0 Å². The van der Waals surface area contributed by atoms with E-state index in [0.717, 1.165) is 32.3 Å². The van der Waals surface area contributed by atoms with Crippen molar-refractivity contribution in [2.75, 3.05) is 11.9 Å². The van der Waals surface area contributed by atoms with Crippen LogP contribution in [0.1, 0.15) is 31.4 Å². The summed E-state index contributed by atoms with van der Waals surface area (Å²) in [5, 5.41) is 4.74. The van der Waals surface area contributed by atoms with Gasteiger partial charge < -0.3 is 14.6 Å². The van der Waals surface area contributed by atoms with Crippen molar-refractivity contribution in [3.8, 4) is 11.3 Å². The zero-order valence-electron chi connectivity index (χ0n) is 17.0. The fourth-order valence-electron chi connectivity index (χ4n) is 4.95. The van der Waals surface area contributed by atoms with E-state index >= 15 is 0 Å². The number of nitrogens with one attached hydrogen (secondary N) is 1. The minimum Gasteiger partial charge on any atom is -0.348 e. The van der Waals surface area contributed by atoms with Crippen LogP contribution < -0.4 is 10.2 Å². The highest BCUT2D eigenvalue weighted by Gasteiger charge is 2.35. The average molecular weight is 423 g/mol. The van der Waals surface area contributed by atoms with Crippen molar-refractivity contribution < 1.29 is 4.39 Å². The van der Waals surface area contributed by atoms with Crippen LogP contribution in [0.15, 0.2) is 30.7 Å². The first-order valence-corrected chi connectivity index (χ1v) is 11.3. The Morgan fingerprint density at radius 3 is 2.77 bits per heavy atom. The topological polar surface area (TPSA) is 58.4 Å². The Hall–Kier alpha value is -2.58. The van der Waals surface area contributed by atoms with E-state index < -0.39 is 0 Å². The molecule has 4 aromatic heterocycles. The van der Waals surface area contributed by atoms with Gasteiger partial charge in [0, 0.05) is 43.1 Å². The van der Waals surface area contributed by atoms with Crippen LogP contribution in [0.3, 0.4) is 0 Å². The maximum Gasteiger partial charge on any atom is 0.186 e. The first kappa shape index (κ1) is 18.2. The van der Waals surface area contributed by atoms with Gasteiger partial charge in [0.2, 0.25) is 0 Å². The zero-order valence-corrected chi connectivity index (χ0v) is 17.8. The standard InChI is InChI=1S/C22H23FN6S/c1-12-10-29-11-13(5-17(23)21(29)25-12)18-8-20-19(9-24-18)27-22(30-20)28(2)16-6-14-3-4-15(7-16)26-14/h5,8-11,14-16,26H,3-4,6-7H2,1-2H3/t14-,15+,16?. The maximum absolute atomic E-state index is 14.5. The number of imidazole rings is 1. The van der Waals surface area contributed by atoms with Crippen LogP contribution in [0.5, 0.6) is 0 Å². The molecule has 2 aliphatic heterocycles. The molecule has 0 saturated carbocycles. The summed E-state index contributed by atoms with van der Waals surface area (Å²) in [6, 6.07) is 5.35. The molecular formula is C22H23FN6S. The Bertz CT molecular complexity index is 1250. The predicted molar refractivity (Wildman–Crippen MR) is 118 cm³/mol. The lowest BCUT2D eigenvalue weighted by Crippen LogP contribution is -2.47.